The maximum Gasteiger partial charge on any atom is 0.0951 e. The zero-order valence-electron chi connectivity index (χ0n) is 11.7. The highest BCUT2D eigenvalue weighted by Crippen LogP contribution is 2.23. The Balaban J connectivity index is 1.56. The van der Waals surface area contributed by atoms with Crippen molar-refractivity contribution in [2.45, 2.75) is 32.2 Å². The van der Waals surface area contributed by atoms with Gasteiger partial charge in [0.25, 0.3) is 0 Å². The van der Waals surface area contributed by atoms with Crippen molar-refractivity contribution in [3.63, 3.8) is 0 Å². The minimum absolute atomic E-state index is 0.827. The lowest BCUT2D eigenvalue weighted by atomic mass is 10.1. The summed E-state index contributed by atoms with van der Waals surface area (Å²) in [6.07, 6.45) is 4.32. The van der Waals surface area contributed by atoms with E-state index >= 15 is 0 Å². The number of hydrogen-bond acceptors (Lipinski definition) is 1. The Labute approximate surface area is 121 Å². The highest BCUT2D eigenvalue weighted by atomic mass is 35.5. The third kappa shape index (κ3) is 3.06. The lowest BCUT2D eigenvalue weighted by Gasteiger charge is -2.36. The molecule has 104 valence electrons. The van der Waals surface area contributed by atoms with Crippen LogP contribution in [0, 0.1) is 5.92 Å². The van der Waals surface area contributed by atoms with Crippen LogP contribution in [0.3, 0.4) is 0 Å². The Bertz CT molecular complexity index is 409. The number of anilines is 1. The van der Waals surface area contributed by atoms with Gasteiger partial charge in [-0.15, -0.1) is 0 Å². The first-order valence-corrected chi connectivity index (χ1v) is 7.95. The van der Waals surface area contributed by atoms with E-state index in [4.69, 9.17) is 11.6 Å². The van der Waals surface area contributed by atoms with Gasteiger partial charge in [0.2, 0.25) is 0 Å². The summed E-state index contributed by atoms with van der Waals surface area (Å²) in [5.41, 5.74) is 1.32. The van der Waals surface area contributed by atoms with Crippen LogP contribution in [-0.2, 0) is 0 Å². The fourth-order valence-electron chi connectivity index (χ4n) is 3.69. The second kappa shape index (κ2) is 5.72. The van der Waals surface area contributed by atoms with Crippen LogP contribution in [0.25, 0.3) is 0 Å². The normalized spacial score (nSPS) is 28.8. The molecule has 1 aliphatic heterocycles. The Kier molecular flexibility index (Phi) is 3.99. The lowest BCUT2D eigenvalue weighted by Crippen LogP contribution is -3.18. The summed E-state index contributed by atoms with van der Waals surface area (Å²) in [4.78, 5) is 4.34. The molecule has 1 aromatic carbocycles. The van der Waals surface area contributed by atoms with E-state index in [1.807, 2.05) is 17.0 Å². The Hall–Kier alpha value is -0.730. The SMILES string of the molecule is C[C@H]1CC[C@@H]([NH+]2CCN(c3ccc(Cl)cc3)CC2)C1. The summed E-state index contributed by atoms with van der Waals surface area (Å²) in [5, 5.41) is 0.827. The maximum absolute atomic E-state index is 5.95. The van der Waals surface area contributed by atoms with Crippen molar-refractivity contribution >= 4 is 17.3 Å². The number of piperazine rings is 1. The van der Waals surface area contributed by atoms with Crippen LogP contribution in [0.1, 0.15) is 26.2 Å². The van der Waals surface area contributed by atoms with E-state index in [-0.39, 0.29) is 0 Å². The van der Waals surface area contributed by atoms with Gasteiger partial charge in [0.15, 0.2) is 0 Å². The van der Waals surface area contributed by atoms with E-state index in [0.29, 0.717) is 0 Å². The molecule has 0 amide bonds. The number of quaternary nitrogens is 1. The topological polar surface area (TPSA) is 7.68 Å². The number of hydrogen-bond donors (Lipinski definition) is 1. The predicted octanol–water partition coefficient (Wildman–Crippen LogP) is 2.23. The van der Waals surface area contributed by atoms with Crippen LogP contribution < -0.4 is 9.80 Å². The van der Waals surface area contributed by atoms with Gasteiger partial charge in [-0.1, -0.05) is 18.5 Å². The van der Waals surface area contributed by atoms with Crippen LogP contribution in [0.15, 0.2) is 24.3 Å². The fraction of sp³-hybridized carbons (Fsp3) is 0.625. The van der Waals surface area contributed by atoms with Crippen molar-refractivity contribution in [1.29, 1.82) is 0 Å². The van der Waals surface area contributed by atoms with Crippen molar-refractivity contribution in [1.82, 2.24) is 0 Å². The second-order valence-electron chi connectivity index (χ2n) is 6.24. The highest BCUT2D eigenvalue weighted by molar-refractivity contribution is 6.30. The van der Waals surface area contributed by atoms with E-state index in [0.717, 1.165) is 17.0 Å². The molecule has 0 spiro atoms. The molecule has 2 fully saturated rings. The molecule has 1 heterocycles. The Morgan fingerprint density at radius 1 is 1.11 bits per heavy atom. The van der Waals surface area contributed by atoms with E-state index in [1.165, 1.54) is 51.1 Å². The first-order chi connectivity index (χ1) is 9.22. The summed E-state index contributed by atoms with van der Waals surface area (Å²) in [6, 6.07) is 9.21. The van der Waals surface area contributed by atoms with Gasteiger partial charge in [-0.2, -0.15) is 0 Å². The van der Waals surface area contributed by atoms with Crippen LogP contribution in [0.2, 0.25) is 5.02 Å². The van der Waals surface area contributed by atoms with Crippen molar-refractivity contribution < 1.29 is 4.90 Å². The number of halogens is 1. The van der Waals surface area contributed by atoms with E-state index in [1.54, 1.807) is 0 Å². The standard InChI is InChI=1S/C16H23ClN2/c1-13-2-5-16(12-13)19-10-8-18(9-11-19)15-6-3-14(17)4-7-15/h3-4,6-7,13,16H,2,5,8-12H2,1H3/p+1/t13-,16+/m0/s1. The second-order valence-corrected chi connectivity index (χ2v) is 6.67. The van der Waals surface area contributed by atoms with Crippen LogP contribution >= 0.6 is 11.6 Å². The van der Waals surface area contributed by atoms with Gasteiger partial charge < -0.3 is 9.80 Å². The van der Waals surface area contributed by atoms with Gasteiger partial charge in [0.1, 0.15) is 0 Å². The quantitative estimate of drug-likeness (QED) is 0.872. The molecule has 3 rings (SSSR count). The van der Waals surface area contributed by atoms with Crippen LogP contribution in [0.4, 0.5) is 5.69 Å². The molecular formula is C16H24ClN2+. The van der Waals surface area contributed by atoms with E-state index < -0.39 is 0 Å². The largest absolute Gasteiger partial charge is 0.360 e. The Morgan fingerprint density at radius 3 is 2.37 bits per heavy atom. The summed E-state index contributed by atoms with van der Waals surface area (Å²) in [7, 11) is 0. The molecule has 1 aromatic rings. The molecule has 0 aromatic heterocycles. The molecular weight excluding hydrogens is 256 g/mol. The minimum Gasteiger partial charge on any atom is -0.360 e. The minimum atomic E-state index is 0.827. The van der Waals surface area contributed by atoms with E-state index in [9.17, 15) is 0 Å². The third-order valence-corrected chi connectivity index (χ3v) is 5.12. The zero-order chi connectivity index (χ0) is 13.2. The molecule has 1 aliphatic carbocycles. The molecule has 3 heteroatoms. The first-order valence-electron chi connectivity index (χ1n) is 7.57. The summed E-state index contributed by atoms with van der Waals surface area (Å²) >= 11 is 5.95. The fourth-order valence-corrected chi connectivity index (χ4v) is 3.82. The summed E-state index contributed by atoms with van der Waals surface area (Å²) < 4.78 is 0. The summed E-state index contributed by atoms with van der Waals surface area (Å²) in [6.45, 7) is 7.35. The van der Waals surface area contributed by atoms with Crippen molar-refractivity contribution in [2.24, 2.45) is 5.92 Å². The molecule has 0 radical (unpaired) electrons. The van der Waals surface area contributed by atoms with Crippen molar-refractivity contribution in [2.75, 3.05) is 31.1 Å². The van der Waals surface area contributed by atoms with Gasteiger partial charge in [0, 0.05) is 17.1 Å². The molecule has 2 atom stereocenters. The third-order valence-electron chi connectivity index (χ3n) is 4.87. The van der Waals surface area contributed by atoms with Gasteiger partial charge >= 0.3 is 0 Å². The zero-order valence-corrected chi connectivity index (χ0v) is 12.5. The van der Waals surface area contributed by atoms with Gasteiger partial charge in [-0.25, -0.2) is 0 Å². The Morgan fingerprint density at radius 2 is 1.79 bits per heavy atom. The molecule has 2 aliphatic rings. The van der Waals surface area contributed by atoms with Crippen molar-refractivity contribution in [3.05, 3.63) is 29.3 Å². The number of rotatable bonds is 2. The number of nitrogens with one attached hydrogen (secondary N) is 1. The molecule has 2 nitrogen and oxygen atoms in total. The molecule has 1 N–H and O–H groups in total. The predicted molar refractivity (Wildman–Crippen MR) is 81.2 cm³/mol. The average Bonchev–Trinajstić information content (AvgIpc) is 2.87. The van der Waals surface area contributed by atoms with Gasteiger partial charge in [-0.3, -0.25) is 0 Å². The monoisotopic (exact) mass is 279 g/mol. The molecule has 0 unspecified atom stereocenters. The smallest absolute Gasteiger partial charge is 0.0951 e. The molecule has 1 saturated carbocycles. The average molecular weight is 280 g/mol. The molecule has 1 saturated heterocycles. The van der Waals surface area contributed by atoms with Gasteiger partial charge in [0.05, 0.1) is 32.2 Å². The highest BCUT2D eigenvalue weighted by Gasteiger charge is 2.32. The van der Waals surface area contributed by atoms with Crippen LogP contribution in [0.5, 0.6) is 0 Å². The number of benzene rings is 1. The summed E-state index contributed by atoms with van der Waals surface area (Å²) in [5.74, 6) is 0.951. The molecule has 19 heavy (non-hydrogen) atoms. The van der Waals surface area contributed by atoms with Crippen LogP contribution in [-0.4, -0.2) is 32.2 Å². The van der Waals surface area contributed by atoms with E-state index in [2.05, 4.69) is 24.0 Å². The first kappa shape index (κ1) is 13.3. The number of nitrogens with zero attached hydrogens (tertiary/aromatic N) is 1. The van der Waals surface area contributed by atoms with Gasteiger partial charge in [-0.05, 0) is 43.0 Å². The molecule has 0 bridgehead atoms. The maximum atomic E-state index is 5.95. The van der Waals surface area contributed by atoms with Crippen molar-refractivity contribution in [3.8, 4) is 0 Å². The lowest BCUT2D eigenvalue weighted by molar-refractivity contribution is -0.925.